The van der Waals surface area contributed by atoms with Gasteiger partial charge in [0.15, 0.2) is 0 Å². The van der Waals surface area contributed by atoms with Crippen LogP contribution in [-0.4, -0.2) is 18.9 Å². The molecule has 15 heavy (non-hydrogen) atoms. The van der Waals surface area contributed by atoms with Gasteiger partial charge < -0.3 is 5.32 Å². The van der Waals surface area contributed by atoms with Gasteiger partial charge in [0.05, 0.1) is 5.84 Å². The summed E-state index contributed by atoms with van der Waals surface area (Å²) in [5.41, 5.74) is 0. The van der Waals surface area contributed by atoms with Crippen molar-refractivity contribution in [1.29, 1.82) is 0 Å². The van der Waals surface area contributed by atoms with Gasteiger partial charge in [-0.2, -0.15) is 0 Å². The monoisotopic (exact) mass is 208 g/mol. The van der Waals surface area contributed by atoms with Crippen LogP contribution in [0.25, 0.3) is 0 Å². The van der Waals surface area contributed by atoms with Gasteiger partial charge in [-0.15, -0.1) is 0 Å². The van der Waals surface area contributed by atoms with Crippen molar-refractivity contribution in [3.05, 3.63) is 0 Å². The molecule has 2 rings (SSSR count). The van der Waals surface area contributed by atoms with E-state index in [2.05, 4.69) is 10.3 Å². The molecule has 0 saturated heterocycles. The Morgan fingerprint density at radius 3 is 2.73 bits per heavy atom. The Labute approximate surface area is 93.6 Å². The average molecular weight is 208 g/mol. The molecule has 1 fully saturated rings. The Bertz CT molecular complexity index is 205. The molecule has 0 spiro atoms. The van der Waals surface area contributed by atoms with Crippen molar-refractivity contribution in [2.45, 2.75) is 57.8 Å². The second-order valence-corrected chi connectivity index (χ2v) is 5.01. The van der Waals surface area contributed by atoms with Crippen molar-refractivity contribution in [3.8, 4) is 0 Å². The third-order valence-corrected chi connectivity index (χ3v) is 3.72. The minimum absolute atomic E-state index is 1.04. The van der Waals surface area contributed by atoms with Crippen LogP contribution in [0, 0.1) is 5.92 Å². The molecule has 0 atom stereocenters. The SMILES string of the molecule is C1CCC(NCCCC2CCCC2)=NC1. The summed E-state index contributed by atoms with van der Waals surface area (Å²) in [5.74, 6) is 2.31. The number of hydrogen-bond donors (Lipinski definition) is 1. The molecule has 0 bridgehead atoms. The van der Waals surface area contributed by atoms with E-state index in [1.165, 1.54) is 63.6 Å². The van der Waals surface area contributed by atoms with Crippen LogP contribution >= 0.6 is 0 Å². The van der Waals surface area contributed by atoms with Crippen molar-refractivity contribution < 1.29 is 0 Å². The van der Waals surface area contributed by atoms with Gasteiger partial charge in [0.1, 0.15) is 0 Å². The Hall–Kier alpha value is -0.530. The molecule has 1 heterocycles. The van der Waals surface area contributed by atoms with E-state index in [0.717, 1.165) is 19.0 Å². The molecular weight excluding hydrogens is 184 g/mol. The molecule has 2 nitrogen and oxygen atoms in total. The molecule has 2 aliphatic rings. The van der Waals surface area contributed by atoms with Gasteiger partial charge in [-0.05, 0) is 31.6 Å². The first-order valence-electron chi connectivity index (χ1n) is 6.72. The van der Waals surface area contributed by atoms with E-state index in [4.69, 9.17) is 0 Å². The van der Waals surface area contributed by atoms with Crippen LogP contribution in [0.15, 0.2) is 4.99 Å². The van der Waals surface area contributed by atoms with Crippen LogP contribution in [-0.2, 0) is 0 Å². The minimum Gasteiger partial charge on any atom is -0.374 e. The van der Waals surface area contributed by atoms with E-state index in [0.29, 0.717) is 0 Å². The maximum Gasteiger partial charge on any atom is 0.0963 e. The molecule has 86 valence electrons. The maximum atomic E-state index is 4.50. The zero-order chi connectivity index (χ0) is 10.3. The molecule has 1 saturated carbocycles. The smallest absolute Gasteiger partial charge is 0.0963 e. The summed E-state index contributed by atoms with van der Waals surface area (Å²) in [7, 11) is 0. The van der Waals surface area contributed by atoms with Crippen molar-refractivity contribution >= 4 is 5.84 Å². The Morgan fingerprint density at radius 2 is 2.00 bits per heavy atom. The molecule has 0 aromatic rings. The summed E-state index contributed by atoms with van der Waals surface area (Å²) < 4.78 is 0. The first kappa shape index (κ1) is 11.0. The predicted molar refractivity (Wildman–Crippen MR) is 65.3 cm³/mol. The average Bonchev–Trinajstić information content (AvgIpc) is 2.79. The summed E-state index contributed by atoms with van der Waals surface area (Å²) in [6.07, 6.45) is 12.5. The topological polar surface area (TPSA) is 24.4 Å². The molecule has 2 heteroatoms. The van der Waals surface area contributed by atoms with E-state index in [9.17, 15) is 0 Å². The normalized spacial score (nSPS) is 22.8. The second kappa shape index (κ2) is 6.14. The molecule has 1 aliphatic heterocycles. The molecule has 0 radical (unpaired) electrons. The van der Waals surface area contributed by atoms with Gasteiger partial charge in [-0.3, -0.25) is 4.99 Å². The number of amidine groups is 1. The van der Waals surface area contributed by atoms with Crippen LogP contribution in [0.2, 0.25) is 0 Å². The van der Waals surface area contributed by atoms with E-state index in [1.807, 2.05) is 0 Å². The van der Waals surface area contributed by atoms with E-state index in [-0.39, 0.29) is 0 Å². The van der Waals surface area contributed by atoms with Crippen molar-refractivity contribution in [2.75, 3.05) is 13.1 Å². The van der Waals surface area contributed by atoms with Crippen LogP contribution in [0.3, 0.4) is 0 Å². The van der Waals surface area contributed by atoms with Crippen LogP contribution in [0.5, 0.6) is 0 Å². The van der Waals surface area contributed by atoms with Gasteiger partial charge in [-0.1, -0.05) is 25.7 Å². The van der Waals surface area contributed by atoms with Crippen molar-refractivity contribution in [2.24, 2.45) is 10.9 Å². The highest BCUT2D eigenvalue weighted by atomic mass is 15.0. The number of nitrogens with zero attached hydrogens (tertiary/aromatic N) is 1. The number of rotatable bonds is 4. The van der Waals surface area contributed by atoms with E-state index >= 15 is 0 Å². The summed E-state index contributed by atoms with van der Waals surface area (Å²) in [6.45, 7) is 2.19. The summed E-state index contributed by atoms with van der Waals surface area (Å²) in [6, 6.07) is 0. The minimum atomic E-state index is 1.04. The lowest BCUT2D eigenvalue weighted by molar-refractivity contribution is 0.481. The lowest BCUT2D eigenvalue weighted by Gasteiger charge is -2.14. The largest absolute Gasteiger partial charge is 0.374 e. The second-order valence-electron chi connectivity index (χ2n) is 5.01. The summed E-state index contributed by atoms with van der Waals surface area (Å²) in [5, 5.41) is 3.50. The van der Waals surface area contributed by atoms with E-state index < -0.39 is 0 Å². The van der Waals surface area contributed by atoms with Crippen molar-refractivity contribution in [1.82, 2.24) is 5.32 Å². The fourth-order valence-corrected chi connectivity index (χ4v) is 2.76. The summed E-state index contributed by atoms with van der Waals surface area (Å²) in [4.78, 5) is 4.50. The first-order chi connectivity index (χ1) is 7.45. The third-order valence-electron chi connectivity index (χ3n) is 3.72. The number of hydrogen-bond acceptors (Lipinski definition) is 2. The van der Waals surface area contributed by atoms with Crippen LogP contribution < -0.4 is 5.32 Å². The molecule has 1 aliphatic carbocycles. The lowest BCUT2D eigenvalue weighted by atomic mass is 10.0. The zero-order valence-corrected chi connectivity index (χ0v) is 9.80. The molecule has 0 aromatic carbocycles. The number of nitrogens with one attached hydrogen (secondary N) is 1. The fraction of sp³-hybridized carbons (Fsp3) is 0.923. The molecule has 0 unspecified atom stereocenters. The van der Waals surface area contributed by atoms with Gasteiger partial charge in [0, 0.05) is 19.5 Å². The van der Waals surface area contributed by atoms with Gasteiger partial charge in [-0.25, -0.2) is 0 Å². The van der Waals surface area contributed by atoms with Gasteiger partial charge in [0.2, 0.25) is 0 Å². The standard InChI is InChI=1S/C13H24N2/c1-2-7-12(6-1)8-5-11-15-13-9-3-4-10-14-13/h12H,1-11H2,(H,14,15). The molecule has 1 N–H and O–H groups in total. The van der Waals surface area contributed by atoms with E-state index in [1.54, 1.807) is 0 Å². The maximum absolute atomic E-state index is 4.50. The summed E-state index contributed by atoms with van der Waals surface area (Å²) >= 11 is 0. The Balaban J connectivity index is 1.52. The number of aliphatic imine (C=N–C) groups is 1. The quantitative estimate of drug-likeness (QED) is 0.705. The predicted octanol–water partition coefficient (Wildman–Crippen LogP) is 3.13. The van der Waals surface area contributed by atoms with Crippen LogP contribution in [0.4, 0.5) is 0 Å². The highest BCUT2D eigenvalue weighted by Gasteiger charge is 2.14. The Morgan fingerprint density at radius 1 is 1.13 bits per heavy atom. The van der Waals surface area contributed by atoms with Crippen molar-refractivity contribution in [3.63, 3.8) is 0 Å². The van der Waals surface area contributed by atoms with Gasteiger partial charge >= 0.3 is 0 Å². The zero-order valence-electron chi connectivity index (χ0n) is 9.80. The highest BCUT2D eigenvalue weighted by molar-refractivity contribution is 5.82. The molecule has 0 amide bonds. The highest BCUT2D eigenvalue weighted by Crippen LogP contribution is 2.28. The third kappa shape index (κ3) is 3.84. The molecule has 0 aromatic heterocycles. The Kier molecular flexibility index (Phi) is 4.49. The van der Waals surface area contributed by atoms with Gasteiger partial charge in [0.25, 0.3) is 0 Å². The fourth-order valence-electron chi connectivity index (χ4n) is 2.76. The lowest BCUT2D eigenvalue weighted by Crippen LogP contribution is -2.26. The van der Waals surface area contributed by atoms with Crippen LogP contribution in [0.1, 0.15) is 57.8 Å². The molecular formula is C13H24N2. The first-order valence-corrected chi connectivity index (χ1v) is 6.72.